The Labute approximate surface area is 81.8 Å². The van der Waals surface area contributed by atoms with Crippen molar-refractivity contribution in [2.24, 2.45) is 0 Å². The van der Waals surface area contributed by atoms with Crippen LogP contribution in [0.5, 0.6) is 0 Å². The van der Waals surface area contributed by atoms with Crippen LogP contribution >= 0.6 is 0 Å². The van der Waals surface area contributed by atoms with E-state index in [-0.39, 0.29) is 17.9 Å². The lowest BCUT2D eigenvalue weighted by molar-refractivity contribution is 0.248. The summed E-state index contributed by atoms with van der Waals surface area (Å²) in [6, 6.07) is 7.15. The van der Waals surface area contributed by atoms with Gasteiger partial charge >= 0.3 is 6.03 Å². The molecule has 1 atom stereocenters. The number of hydrogen-bond donors (Lipinski definition) is 3. The van der Waals surface area contributed by atoms with Crippen LogP contribution in [0.3, 0.4) is 0 Å². The van der Waals surface area contributed by atoms with Crippen LogP contribution in [0, 0.1) is 12.3 Å². The fourth-order valence-corrected chi connectivity index (χ4v) is 1.44. The first-order chi connectivity index (χ1) is 6.66. The first-order valence-corrected chi connectivity index (χ1v) is 4.39. The van der Waals surface area contributed by atoms with Gasteiger partial charge in [-0.2, -0.15) is 0 Å². The quantitative estimate of drug-likeness (QED) is 0.613. The second kappa shape index (κ2) is 3.14. The van der Waals surface area contributed by atoms with Crippen molar-refractivity contribution >= 4 is 11.9 Å². The summed E-state index contributed by atoms with van der Waals surface area (Å²) in [5.41, 5.74) is 2.09. The van der Waals surface area contributed by atoms with Crippen LogP contribution in [0.2, 0.25) is 0 Å². The fourth-order valence-electron chi connectivity index (χ4n) is 1.44. The molecule has 4 heteroatoms. The van der Waals surface area contributed by atoms with E-state index < -0.39 is 0 Å². The number of carbonyl (C=O) groups is 1. The molecular formula is C10H11N3O. The molecule has 2 amide bonds. The lowest BCUT2D eigenvalue weighted by atomic mass is 10.1. The second-order valence-corrected chi connectivity index (χ2v) is 3.36. The highest BCUT2D eigenvalue weighted by molar-refractivity contribution is 6.05. The van der Waals surface area contributed by atoms with E-state index in [9.17, 15) is 4.79 Å². The Hall–Kier alpha value is -1.84. The molecule has 1 fully saturated rings. The largest absolute Gasteiger partial charge is 0.324 e. The number of aryl methyl sites for hydroxylation is 1. The van der Waals surface area contributed by atoms with Gasteiger partial charge in [-0.1, -0.05) is 29.8 Å². The van der Waals surface area contributed by atoms with Gasteiger partial charge in [-0.3, -0.25) is 10.7 Å². The van der Waals surface area contributed by atoms with E-state index in [1.807, 2.05) is 31.2 Å². The van der Waals surface area contributed by atoms with Crippen LogP contribution in [0.15, 0.2) is 24.3 Å². The van der Waals surface area contributed by atoms with E-state index in [1.54, 1.807) is 0 Å². The van der Waals surface area contributed by atoms with E-state index >= 15 is 0 Å². The maximum atomic E-state index is 10.9. The standard InChI is InChI=1S/C10H11N3O/c1-6-2-4-7(5-3-6)8-9(11)13-10(14)12-8/h2-5,8H,1H3,(H3,11,12,13,14). The van der Waals surface area contributed by atoms with Crippen LogP contribution in [0.1, 0.15) is 17.2 Å². The summed E-state index contributed by atoms with van der Waals surface area (Å²) < 4.78 is 0. The van der Waals surface area contributed by atoms with Crippen LogP contribution < -0.4 is 10.6 Å². The number of benzene rings is 1. The molecule has 2 rings (SSSR count). The molecule has 1 aliphatic rings. The zero-order valence-electron chi connectivity index (χ0n) is 7.79. The average Bonchev–Trinajstić information content (AvgIpc) is 2.47. The Morgan fingerprint density at radius 1 is 1.29 bits per heavy atom. The molecule has 0 saturated carbocycles. The smallest absolute Gasteiger partial charge is 0.321 e. The molecule has 1 saturated heterocycles. The minimum absolute atomic E-state index is 0.207. The highest BCUT2D eigenvalue weighted by atomic mass is 16.2. The number of nitrogens with one attached hydrogen (secondary N) is 3. The van der Waals surface area contributed by atoms with Crippen molar-refractivity contribution in [1.29, 1.82) is 5.41 Å². The van der Waals surface area contributed by atoms with Crippen LogP contribution in [-0.2, 0) is 0 Å². The predicted octanol–water partition coefficient (Wildman–Crippen LogP) is 1.33. The maximum absolute atomic E-state index is 10.9. The van der Waals surface area contributed by atoms with Crippen molar-refractivity contribution < 1.29 is 4.79 Å². The van der Waals surface area contributed by atoms with Gasteiger partial charge in [-0.15, -0.1) is 0 Å². The van der Waals surface area contributed by atoms with Crippen molar-refractivity contribution in [3.8, 4) is 0 Å². The normalized spacial score (nSPS) is 20.5. The van der Waals surface area contributed by atoms with E-state index in [4.69, 9.17) is 5.41 Å². The van der Waals surface area contributed by atoms with Crippen molar-refractivity contribution in [1.82, 2.24) is 10.6 Å². The molecule has 1 aliphatic heterocycles. The Kier molecular flexibility index (Phi) is 1.96. The summed E-state index contributed by atoms with van der Waals surface area (Å²) >= 11 is 0. The summed E-state index contributed by atoms with van der Waals surface area (Å²) in [7, 11) is 0. The predicted molar refractivity (Wildman–Crippen MR) is 53.3 cm³/mol. The van der Waals surface area contributed by atoms with Crippen molar-refractivity contribution in [3.05, 3.63) is 35.4 Å². The third-order valence-electron chi connectivity index (χ3n) is 2.22. The minimum Gasteiger partial charge on any atom is -0.324 e. The first-order valence-electron chi connectivity index (χ1n) is 4.39. The minimum atomic E-state index is -0.317. The Balaban J connectivity index is 2.27. The molecule has 0 aromatic heterocycles. The number of amides is 2. The summed E-state index contributed by atoms with van der Waals surface area (Å²) in [5.74, 6) is 0.207. The molecule has 0 spiro atoms. The second-order valence-electron chi connectivity index (χ2n) is 3.36. The van der Waals surface area contributed by atoms with Crippen LogP contribution in [0.25, 0.3) is 0 Å². The monoisotopic (exact) mass is 189 g/mol. The van der Waals surface area contributed by atoms with Crippen LogP contribution in [-0.4, -0.2) is 11.9 Å². The van der Waals surface area contributed by atoms with Gasteiger partial charge < -0.3 is 5.32 Å². The lowest BCUT2D eigenvalue weighted by Gasteiger charge is -2.08. The van der Waals surface area contributed by atoms with E-state index in [1.165, 1.54) is 0 Å². The molecule has 1 unspecified atom stereocenters. The van der Waals surface area contributed by atoms with E-state index in [0.29, 0.717) is 0 Å². The zero-order chi connectivity index (χ0) is 10.1. The van der Waals surface area contributed by atoms with Gasteiger partial charge in [0.05, 0.1) is 0 Å². The topological polar surface area (TPSA) is 65.0 Å². The van der Waals surface area contributed by atoms with Gasteiger partial charge in [0, 0.05) is 0 Å². The van der Waals surface area contributed by atoms with Crippen molar-refractivity contribution in [2.45, 2.75) is 13.0 Å². The molecule has 72 valence electrons. The van der Waals surface area contributed by atoms with Gasteiger partial charge in [0.25, 0.3) is 0 Å². The fraction of sp³-hybridized carbons (Fsp3) is 0.200. The van der Waals surface area contributed by atoms with Gasteiger partial charge in [-0.05, 0) is 12.5 Å². The lowest BCUT2D eigenvalue weighted by Crippen LogP contribution is -2.22. The zero-order valence-corrected chi connectivity index (χ0v) is 7.79. The van der Waals surface area contributed by atoms with Gasteiger partial charge in [-0.25, -0.2) is 4.79 Å². The third kappa shape index (κ3) is 1.46. The Morgan fingerprint density at radius 2 is 1.93 bits per heavy atom. The molecule has 1 heterocycles. The molecule has 0 bridgehead atoms. The molecule has 3 N–H and O–H groups in total. The van der Waals surface area contributed by atoms with Gasteiger partial charge in [0.1, 0.15) is 11.9 Å². The molecular weight excluding hydrogens is 178 g/mol. The summed E-state index contributed by atoms with van der Waals surface area (Å²) in [6.45, 7) is 2.00. The number of hydrogen-bond acceptors (Lipinski definition) is 2. The number of rotatable bonds is 1. The molecule has 1 aromatic carbocycles. The van der Waals surface area contributed by atoms with Gasteiger partial charge in [0.2, 0.25) is 0 Å². The molecule has 4 nitrogen and oxygen atoms in total. The summed E-state index contributed by atoms with van der Waals surface area (Å²) in [5, 5.41) is 12.6. The number of amidine groups is 1. The summed E-state index contributed by atoms with van der Waals surface area (Å²) in [4.78, 5) is 10.9. The SMILES string of the molecule is Cc1ccc(C2NC(=O)NC2=N)cc1. The molecule has 0 aliphatic carbocycles. The summed E-state index contributed by atoms with van der Waals surface area (Å²) in [6.07, 6.45) is 0. The van der Waals surface area contributed by atoms with Crippen molar-refractivity contribution in [2.75, 3.05) is 0 Å². The highest BCUT2D eigenvalue weighted by Crippen LogP contribution is 2.16. The number of carbonyl (C=O) groups excluding carboxylic acids is 1. The molecule has 1 aromatic rings. The molecule has 14 heavy (non-hydrogen) atoms. The Morgan fingerprint density at radius 3 is 2.43 bits per heavy atom. The molecule has 0 radical (unpaired) electrons. The average molecular weight is 189 g/mol. The van der Waals surface area contributed by atoms with E-state index in [2.05, 4.69) is 10.6 Å². The van der Waals surface area contributed by atoms with Crippen LogP contribution in [0.4, 0.5) is 4.79 Å². The highest BCUT2D eigenvalue weighted by Gasteiger charge is 2.27. The first kappa shape index (κ1) is 8.74. The van der Waals surface area contributed by atoms with Gasteiger partial charge in [0.15, 0.2) is 0 Å². The third-order valence-corrected chi connectivity index (χ3v) is 2.22. The Bertz CT molecular complexity index is 383. The maximum Gasteiger partial charge on any atom is 0.321 e. The van der Waals surface area contributed by atoms with Crippen molar-refractivity contribution in [3.63, 3.8) is 0 Å². The van der Waals surface area contributed by atoms with E-state index in [0.717, 1.165) is 11.1 Å². The number of urea groups is 1.